The summed E-state index contributed by atoms with van der Waals surface area (Å²) in [4.78, 5) is 10.9. The average Bonchev–Trinajstić information content (AvgIpc) is 2.61. The Morgan fingerprint density at radius 3 is 2.76 bits per heavy atom. The second-order valence-corrected chi connectivity index (χ2v) is 6.53. The van der Waals surface area contributed by atoms with E-state index in [0.717, 1.165) is 11.8 Å². The normalized spacial score (nSPS) is 22.3. The molecule has 1 saturated heterocycles. The van der Waals surface area contributed by atoms with E-state index in [0.29, 0.717) is 17.7 Å². The molecule has 1 atom stereocenters. The molecule has 0 aromatic heterocycles. The third kappa shape index (κ3) is 2.85. The summed E-state index contributed by atoms with van der Waals surface area (Å²) in [7, 11) is -2.96. The van der Waals surface area contributed by atoms with Gasteiger partial charge in [-0.2, -0.15) is 0 Å². The SMILES string of the molecule is Cc1ccc(OC2CCS(=O)(=O)C2)c(C=O)c1. The first-order valence-electron chi connectivity index (χ1n) is 5.43. The lowest BCUT2D eigenvalue weighted by Crippen LogP contribution is -2.18. The molecule has 0 radical (unpaired) electrons. The zero-order valence-electron chi connectivity index (χ0n) is 9.55. The van der Waals surface area contributed by atoms with Gasteiger partial charge in [-0.3, -0.25) is 4.79 Å². The van der Waals surface area contributed by atoms with Crippen LogP contribution in [0.4, 0.5) is 0 Å². The summed E-state index contributed by atoms with van der Waals surface area (Å²) in [6.45, 7) is 1.89. The third-order valence-corrected chi connectivity index (χ3v) is 4.51. The Labute approximate surface area is 101 Å². The lowest BCUT2D eigenvalue weighted by molar-refractivity contribution is 0.111. The van der Waals surface area contributed by atoms with Crippen LogP contribution in [-0.2, 0) is 9.84 Å². The lowest BCUT2D eigenvalue weighted by atomic mass is 10.1. The van der Waals surface area contributed by atoms with Gasteiger partial charge in [-0.25, -0.2) is 8.42 Å². The summed E-state index contributed by atoms with van der Waals surface area (Å²) in [5.74, 6) is 0.673. The van der Waals surface area contributed by atoms with Crippen molar-refractivity contribution in [2.45, 2.75) is 19.4 Å². The molecule has 1 aliphatic rings. The Hall–Kier alpha value is -1.36. The van der Waals surface area contributed by atoms with E-state index in [4.69, 9.17) is 4.74 Å². The number of hydrogen-bond donors (Lipinski definition) is 0. The molecular formula is C12H14O4S. The van der Waals surface area contributed by atoms with Gasteiger partial charge in [-0.1, -0.05) is 11.6 Å². The van der Waals surface area contributed by atoms with E-state index in [2.05, 4.69) is 0 Å². The van der Waals surface area contributed by atoms with Crippen LogP contribution in [0.25, 0.3) is 0 Å². The molecule has 0 aliphatic carbocycles. The molecule has 0 amide bonds. The van der Waals surface area contributed by atoms with E-state index in [1.54, 1.807) is 12.1 Å². The van der Waals surface area contributed by atoms with E-state index >= 15 is 0 Å². The Kier molecular flexibility index (Phi) is 3.19. The minimum Gasteiger partial charge on any atom is -0.489 e. The van der Waals surface area contributed by atoms with Crippen molar-refractivity contribution < 1.29 is 17.9 Å². The molecule has 17 heavy (non-hydrogen) atoms. The first-order valence-corrected chi connectivity index (χ1v) is 7.25. The maximum absolute atomic E-state index is 11.3. The largest absolute Gasteiger partial charge is 0.489 e. The van der Waals surface area contributed by atoms with Crippen LogP contribution in [0.15, 0.2) is 18.2 Å². The minimum atomic E-state index is -2.96. The molecule has 1 heterocycles. The number of carbonyl (C=O) groups excluding carboxylic acids is 1. The van der Waals surface area contributed by atoms with Gasteiger partial charge in [0.1, 0.15) is 11.9 Å². The molecule has 1 fully saturated rings. The van der Waals surface area contributed by atoms with Gasteiger partial charge in [0.05, 0.1) is 17.1 Å². The van der Waals surface area contributed by atoms with E-state index in [1.165, 1.54) is 0 Å². The highest BCUT2D eigenvalue weighted by Crippen LogP contribution is 2.23. The minimum absolute atomic E-state index is 0.0408. The number of aryl methyl sites for hydroxylation is 1. The van der Waals surface area contributed by atoms with Crippen LogP contribution in [0, 0.1) is 6.92 Å². The van der Waals surface area contributed by atoms with E-state index in [9.17, 15) is 13.2 Å². The van der Waals surface area contributed by atoms with Crippen LogP contribution >= 0.6 is 0 Å². The molecule has 0 bridgehead atoms. The molecule has 4 nitrogen and oxygen atoms in total. The molecule has 2 rings (SSSR count). The van der Waals surface area contributed by atoms with Gasteiger partial charge < -0.3 is 4.74 Å². The van der Waals surface area contributed by atoms with Gasteiger partial charge in [-0.05, 0) is 25.5 Å². The molecule has 5 heteroatoms. The number of hydrogen-bond acceptors (Lipinski definition) is 4. The second-order valence-electron chi connectivity index (χ2n) is 4.30. The molecule has 0 spiro atoms. The molecular weight excluding hydrogens is 240 g/mol. The molecule has 1 aromatic carbocycles. The van der Waals surface area contributed by atoms with Crippen LogP contribution in [-0.4, -0.2) is 32.3 Å². The van der Waals surface area contributed by atoms with Crippen LogP contribution in [0.2, 0.25) is 0 Å². The molecule has 0 saturated carbocycles. The maximum Gasteiger partial charge on any atom is 0.154 e. The number of sulfone groups is 1. The van der Waals surface area contributed by atoms with Gasteiger partial charge in [0.25, 0.3) is 0 Å². The summed E-state index contributed by atoms with van der Waals surface area (Å²) in [5.41, 5.74) is 1.44. The summed E-state index contributed by atoms with van der Waals surface area (Å²) >= 11 is 0. The Bertz CT molecular complexity index is 533. The fourth-order valence-corrected chi connectivity index (χ4v) is 3.49. The lowest BCUT2D eigenvalue weighted by Gasteiger charge is -2.13. The highest BCUT2D eigenvalue weighted by Gasteiger charge is 2.29. The quantitative estimate of drug-likeness (QED) is 0.764. The summed E-state index contributed by atoms with van der Waals surface area (Å²) in [6, 6.07) is 5.28. The molecule has 92 valence electrons. The Morgan fingerprint density at radius 1 is 1.41 bits per heavy atom. The van der Waals surface area contributed by atoms with Crippen molar-refractivity contribution in [3.63, 3.8) is 0 Å². The molecule has 0 N–H and O–H groups in total. The van der Waals surface area contributed by atoms with Gasteiger partial charge in [-0.15, -0.1) is 0 Å². The summed E-state index contributed by atoms with van der Waals surface area (Å²) in [5, 5.41) is 0. The zero-order chi connectivity index (χ0) is 12.5. The second kappa shape index (κ2) is 4.49. The van der Waals surface area contributed by atoms with Gasteiger partial charge in [0.2, 0.25) is 0 Å². The Balaban J connectivity index is 2.17. The van der Waals surface area contributed by atoms with Gasteiger partial charge >= 0.3 is 0 Å². The maximum atomic E-state index is 11.3. The first-order chi connectivity index (χ1) is 8.00. The van der Waals surface area contributed by atoms with Crippen molar-refractivity contribution in [2.75, 3.05) is 11.5 Å². The van der Waals surface area contributed by atoms with Crippen molar-refractivity contribution in [1.82, 2.24) is 0 Å². The van der Waals surface area contributed by atoms with Crippen molar-refractivity contribution in [3.8, 4) is 5.75 Å². The van der Waals surface area contributed by atoms with Crippen molar-refractivity contribution in [3.05, 3.63) is 29.3 Å². The average molecular weight is 254 g/mol. The molecule has 1 unspecified atom stereocenters. The van der Waals surface area contributed by atoms with Crippen LogP contribution in [0.3, 0.4) is 0 Å². The topological polar surface area (TPSA) is 60.4 Å². The van der Waals surface area contributed by atoms with E-state index in [-0.39, 0.29) is 17.6 Å². The van der Waals surface area contributed by atoms with Crippen LogP contribution < -0.4 is 4.74 Å². The number of aldehydes is 1. The predicted octanol–water partition coefficient (Wildman–Crippen LogP) is 1.37. The van der Waals surface area contributed by atoms with Crippen molar-refractivity contribution >= 4 is 16.1 Å². The third-order valence-electron chi connectivity index (χ3n) is 2.78. The number of carbonyl (C=O) groups is 1. The van der Waals surface area contributed by atoms with Crippen molar-refractivity contribution in [1.29, 1.82) is 0 Å². The predicted molar refractivity (Wildman–Crippen MR) is 64.3 cm³/mol. The van der Waals surface area contributed by atoms with Crippen LogP contribution in [0.5, 0.6) is 5.75 Å². The molecule has 1 aliphatic heterocycles. The van der Waals surface area contributed by atoms with Crippen LogP contribution in [0.1, 0.15) is 22.3 Å². The standard InChI is InChI=1S/C12H14O4S/c1-9-2-3-12(10(6-9)7-13)16-11-4-5-17(14,15)8-11/h2-3,6-7,11H,4-5,8H2,1H3. The smallest absolute Gasteiger partial charge is 0.154 e. The fourth-order valence-electron chi connectivity index (χ4n) is 1.90. The number of benzene rings is 1. The number of rotatable bonds is 3. The summed E-state index contributed by atoms with van der Waals surface area (Å²) in [6.07, 6.45) is 0.890. The Morgan fingerprint density at radius 2 is 2.18 bits per heavy atom. The number of ether oxygens (including phenoxy) is 1. The highest BCUT2D eigenvalue weighted by atomic mass is 32.2. The van der Waals surface area contributed by atoms with Gasteiger partial charge in [0, 0.05) is 0 Å². The van der Waals surface area contributed by atoms with Crippen molar-refractivity contribution in [2.24, 2.45) is 0 Å². The fraction of sp³-hybridized carbons (Fsp3) is 0.417. The van der Waals surface area contributed by atoms with E-state index < -0.39 is 9.84 Å². The van der Waals surface area contributed by atoms with E-state index in [1.807, 2.05) is 13.0 Å². The highest BCUT2D eigenvalue weighted by molar-refractivity contribution is 7.91. The summed E-state index contributed by atoms with van der Waals surface area (Å²) < 4.78 is 28.2. The zero-order valence-corrected chi connectivity index (χ0v) is 10.4. The monoisotopic (exact) mass is 254 g/mol. The molecule has 1 aromatic rings. The van der Waals surface area contributed by atoms with Gasteiger partial charge in [0.15, 0.2) is 16.1 Å². The first kappa shape index (κ1) is 12.1.